The van der Waals surface area contributed by atoms with Crippen molar-refractivity contribution in [3.05, 3.63) is 11.6 Å². The molecular formula is C18H27FN4O6. The minimum absolute atomic E-state index is 0.00637. The maximum Gasteiger partial charge on any atom is 0.370 e. The second-order valence-electron chi connectivity index (χ2n) is 7.21. The third-order valence-corrected chi connectivity index (χ3v) is 5.10. The number of hydroxylamine groups is 3. The van der Waals surface area contributed by atoms with Crippen LogP contribution in [0.1, 0.15) is 26.7 Å². The zero-order chi connectivity index (χ0) is 21.0. The summed E-state index contributed by atoms with van der Waals surface area (Å²) in [5.41, 5.74) is 3.30. The zero-order valence-corrected chi connectivity index (χ0v) is 16.6. The van der Waals surface area contributed by atoms with Crippen LogP contribution >= 0.6 is 0 Å². The van der Waals surface area contributed by atoms with Gasteiger partial charge in [-0.2, -0.15) is 10.5 Å². The summed E-state index contributed by atoms with van der Waals surface area (Å²) in [5.74, 6) is -1.46. The highest BCUT2D eigenvalue weighted by Crippen LogP contribution is 2.30. The number of fused-ring (bicyclic) bond motifs is 2. The first-order chi connectivity index (χ1) is 13.9. The number of halogens is 1. The van der Waals surface area contributed by atoms with Crippen molar-refractivity contribution in [1.82, 2.24) is 20.8 Å². The Labute approximate surface area is 168 Å². The van der Waals surface area contributed by atoms with Gasteiger partial charge in [-0.3, -0.25) is 9.63 Å². The van der Waals surface area contributed by atoms with E-state index in [1.54, 1.807) is 13.0 Å². The second-order valence-corrected chi connectivity index (χ2v) is 7.21. The number of urea groups is 1. The van der Waals surface area contributed by atoms with Gasteiger partial charge in [0.05, 0.1) is 32.3 Å². The first-order valence-electron chi connectivity index (χ1n) is 9.78. The fraction of sp³-hybridized carbons (Fsp3) is 0.722. The van der Waals surface area contributed by atoms with E-state index in [1.165, 1.54) is 11.8 Å². The lowest BCUT2D eigenvalue weighted by atomic mass is 9.97. The third-order valence-electron chi connectivity index (χ3n) is 5.10. The van der Waals surface area contributed by atoms with Gasteiger partial charge in [0.15, 0.2) is 5.78 Å². The molecule has 0 spiro atoms. The van der Waals surface area contributed by atoms with Gasteiger partial charge in [-0.1, -0.05) is 6.08 Å². The van der Waals surface area contributed by atoms with Crippen LogP contribution in [0.4, 0.5) is 9.18 Å². The molecule has 10 nitrogen and oxygen atoms in total. The minimum atomic E-state index is -2.42. The van der Waals surface area contributed by atoms with E-state index in [9.17, 15) is 18.8 Å². The van der Waals surface area contributed by atoms with Crippen molar-refractivity contribution in [3.8, 4) is 0 Å². The lowest BCUT2D eigenvalue weighted by Gasteiger charge is -2.29. The van der Waals surface area contributed by atoms with Crippen molar-refractivity contribution in [2.45, 2.75) is 51.2 Å². The molecular weight excluding hydrogens is 387 g/mol. The largest absolute Gasteiger partial charge is 0.462 e. The predicted octanol–water partition coefficient (Wildman–Crippen LogP) is 0.0537. The average Bonchev–Trinajstić information content (AvgIpc) is 3.28. The Hall–Kier alpha value is -2.08. The van der Waals surface area contributed by atoms with E-state index in [-0.39, 0.29) is 31.5 Å². The summed E-state index contributed by atoms with van der Waals surface area (Å²) in [5, 5.41) is 4.07. The van der Waals surface area contributed by atoms with Crippen LogP contribution in [-0.2, 0) is 24.0 Å². The molecule has 4 atom stereocenters. The predicted molar refractivity (Wildman–Crippen MR) is 97.9 cm³/mol. The zero-order valence-electron chi connectivity index (χ0n) is 16.6. The Bertz CT molecular complexity index is 669. The Kier molecular flexibility index (Phi) is 7.17. The molecule has 0 aliphatic carbocycles. The standard InChI is InChI=1S/C18H27FN4O6/c1-3-27-17(25)16(19)29-23-13-7-11(2)15(22(9-13)18(23)26)14(24)8-21-28-10-12-5-4-6-20-12/h7,12-13,15-16,20-21H,3-6,8-10H2,1-2H3/t12-,13+,15-,16+/m0/s1. The number of Topliss-reactive ketones (excluding diaryl/α,β-unsaturated/α-hetero) is 1. The van der Waals surface area contributed by atoms with E-state index in [0.29, 0.717) is 12.2 Å². The molecule has 2 fully saturated rings. The molecule has 0 aromatic carbocycles. The molecule has 3 heterocycles. The molecule has 3 aliphatic heterocycles. The summed E-state index contributed by atoms with van der Waals surface area (Å²) in [7, 11) is 0. The van der Waals surface area contributed by atoms with Crippen molar-refractivity contribution >= 4 is 17.8 Å². The number of carbonyl (C=O) groups is 3. The van der Waals surface area contributed by atoms with Crippen molar-refractivity contribution < 1.29 is 33.2 Å². The van der Waals surface area contributed by atoms with Gasteiger partial charge in [0, 0.05) is 6.04 Å². The van der Waals surface area contributed by atoms with Crippen molar-refractivity contribution in [2.24, 2.45) is 0 Å². The van der Waals surface area contributed by atoms with E-state index in [4.69, 9.17) is 9.68 Å². The Morgan fingerprint density at radius 1 is 1.45 bits per heavy atom. The quantitative estimate of drug-likeness (QED) is 0.223. The van der Waals surface area contributed by atoms with Crippen LogP contribution in [0, 0.1) is 0 Å². The Morgan fingerprint density at radius 3 is 2.93 bits per heavy atom. The lowest BCUT2D eigenvalue weighted by molar-refractivity contribution is -0.223. The highest BCUT2D eigenvalue weighted by molar-refractivity contribution is 5.94. The number of carbonyl (C=O) groups excluding carboxylic acids is 3. The molecule has 0 radical (unpaired) electrons. The van der Waals surface area contributed by atoms with E-state index < -0.39 is 30.4 Å². The molecule has 162 valence electrons. The second kappa shape index (κ2) is 9.61. The number of rotatable bonds is 10. The topological polar surface area (TPSA) is 109 Å². The number of hydrogen-bond acceptors (Lipinski definition) is 8. The highest BCUT2D eigenvalue weighted by atomic mass is 19.1. The fourth-order valence-corrected chi connectivity index (χ4v) is 3.78. The van der Waals surface area contributed by atoms with Gasteiger partial charge in [-0.05, 0) is 38.8 Å². The number of ketones is 1. The summed E-state index contributed by atoms with van der Waals surface area (Å²) < 4.78 is 18.5. The molecule has 3 aliphatic rings. The lowest BCUT2D eigenvalue weighted by Crippen LogP contribution is -2.48. The number of nitrogens with one attached hydrogen (secondary N) is 2. The van der Waals surface area contributed by atoms with Crippen LogP contribution in [0.3, 0.4) is 0 Å². The van der Waals surface area contributed by atoms with E-state index in [1.807, 2.05) is 0 Å². The Morgan fingerprint density at radius 2 is 2.24 bits per heavy atom. The number of alkyl halides is 1. The van der Waals surface area contributed by atoms with Crippen molar-refractivity contribution in [2.75, 3.05) is 32.8 Å². The van der Waals surface area contributed by atoms with Crippen LogP contribution in [0.2, 0.25) is 0 Å². The molecule has 2 amide bonds. The first-order valence-corrected chi connectivity index (χ1v) is 9.78. The molecule has 2 bridgehead atoms. The first kappa shape index (κ1) is 21.6. The summed E-state index contributed by atoms with van der Waals surface area (Å²) in [6.45, 7) is 4.75. The number of esters is 1. The number of nitrogens with zero attached hydrogens (tertiary/aromatic N) is 2. The molecule has 0 aromatic rings. The molecule has 0 saturated carbocycles. The maximum absolute atomic E-state index is 13.9. The smallest absolute Gasteiger partial charge is 0.370 e. The van der Waals surface area contributed by atoms with E-state index >= 15 is 0 Å². The van der Waals surface area contributed by atoms with Gasteiger partial charge < -0.3 is 15.0 Å². The van der Waals surface area contributed by atoms with Gasteiger partial charge >= 0.3 is 18.4 Å². The van der Waals surface area contributed by atoms with Crippen LogP contribution in [0.25, 0.3) is 0 Å². The molecule has 0 unspecified atom stereocenters. The van der Waals surface area contributed by atoms with Crippen LogP contribution in [0.15, 0.2) is 11.6 Å². The van der Waals surface area contributed by atoms with Gasteiger partial charge in [-0.25, -0.2) is 18.8 Å². The maximum atomic E-state index is 13.9. The summed E-state index contributed by atoms with van der Waals surface area (Å²) in [6.07, 6.45) is 1.39. The van der Waals surface area contributed by atoms with Crippen LogP contribution < -0.4 is 10.8 Å². The summed E-state index contributed by atoms with van der Waals surface area (Å²) in [6, 6.07) is -1.79. The number of hydrogen-bond donors (Lipinski definition) is 2. The number of amides is 2. The van der Waals surface area contributed by atoms with Crippen LogP contribution in [-0.4, -0.2) is 85.1 Å². The van der Waals surface area contributed by atoms with E-state index in [0.717, 1.165) is 24.4 Å². The van der Waals surface area contributed by atoms with Gasteiger partial charge in [-0.15, -0.1) is 0 Å². The normalized spacial score (nSPS) is 27.2. The minimum Gasteiger partial charge on any atom is -0.462 e. The third kappa shape index (κ3) is 4.92. The molecule has 0 aromatic heterocycles. The summed E-state index contributed by atoms with van der Waals surface area (Å²) >= 11 is 0. The molecule has 11 heteroatoms. The van der Waals surface area contributed by atoms with Gasteiger partial charge in [0.25, 0.3) is 0 Å². The SMILES string of the molecule is CCOC(=O)[C@H](F)ON1C(=O)N2C[C@H]1C=C(C)[C@H]2C(=O)CNOC[C@@H]1CCCN1. The average molecular weight is 414 g/mol. The van der Waals surface area contributed by atoms with Crippen molar-refractivity contribution in [3.63, 3.8) is 0 Å². The fourth-order valence-electron chi connectivity index (χ4n) is 3.78. The van der Waals surface area contributed by atoms with Crippen LogP contribution in [0.5, 0.6) is 0 Å². The summed E-state index contributed by atoms with van der Waals surface area (Å²) in [4.78, 5) is 48.3. The molecule has 29 heavy (non-hydrogen) atoms. The van der Waals surface area contributed by atoms with Gasteiger partial charge in [0.1, 0.15) is 6.04 Å². The van der Waals surface area contributed by atoms with E-state index in [2.05, 4.69) is 15.5 Å². The Balaban J connectivity index is 1.53. The number of ether oxygens (including phenoxy) is 1. The monoisotopic (exact) mass is 414 g/mol. The molecule has 2 saturated heterocycles. The van der Waals surface area contributed by atoms with Crippen molar-refractivity contribution in [1.29, 1.82) is 0 Å². The molecule has 2 N–H and O–H groups in total. The van der Waals surface area contributed by atoms with Gasteiger partial charge in [0.2, 0.25) is 0 Å². The molecule has 3 rings (SSSR count). The highest BCUT2D eigenvalue weighted by Gasteiger charge is 2.48.